The third-order valence-corrected chi connectivity index (χ3v) is 5.56. The summed E-state index contributed by atoms with van der Waals surface area (Å²) in [5, 5.41) is 2.53. The molecule has 3 heterocycles. The largest absolute Gasteiger partial charge is 0.370 e. The zero-order valence-electron chi connectivity index (χ0n) is 12.1. The first-order chi connectivity index (χ1) is 9.35. The maximum absolute atomic E-state index is 5.89. The lowest BCUT2D eigenvalue weighted by Crippen LogP contribution is -2.30. The van der Waals surface area contributed by atoms with Crippen LogP contribution in [0.25, 0.3) is 10.2 Å². The monoisotopic (exact) mass is 326 g/mol. The number of aromatic nitrogens is 2. The lowest BCUT2D eigenvalue weighted by atomic mass is 9.95. The van der Waals surface area contributed by atoms with Gasteiger partial charge < -0.3 is 9.72 Å². The van der Waals surface area contributed by atoms with Gasteiger partial charge in [-0.3, -0.25) is 0 Å². The van der Waals surface area contributed by atoms with Gasteiger partial charge in [0.05, 0.1) is 12.2 Å². The Morgan fingerprint density at radius 2 is 2.20 bits per heavy atom. The van der Waals surface area contributed by atoms with E-state index >= 15 is 0 Å². The van der Waals surface area contributed by atoms with Crippen LogP contribution in [0.1, 0.15) is 38.1 Å². The van der Waals surface area contributed by atoms with Crippen molar-refractivity contribution in [2.75, 3.05) is 0 Å². The van der Waals surface area contributed by atoms with Crippen LogP contribution < -0.4 is 0 Å². The van der Waals surface area contributed by atoms with Crippen molar-refractivity contribution in [3.63, 3.8) is 0 Å². The van der Waals surface area contributed by atoms with Crippen molar-refractivity contribution in [3.8, 4) is 0 Å². The van der Waals surface area contributed by atoms with Crippen LogP contribution in [0.2, 0.25) is 0 Å². The molecule has 2 aromatic heterocycles. The number of aromatic amines is 1. The normalized spacial score (nSPS) is 17.6. The zero-order chi connectivity index (χ0) is 14.5. The highest BCUT2D eigenvalue weighted by atomic mass is 32.2. The molecule has 0 atom stereocenters. The second kappa shape index (κ2) is 5.09. The van der Waals surface area contributed by atoms with Crippen molar-refractivity contribution in [2.45, 2.75) is 56.7 Å². The summed E-state index contributed by atoms with van der Waals surface area (Å²) in [5.41, 5.74) is 1.21. The second-order valence-electron chi connectivity index (χ2n) is 5.95. The molecule has 0 bridgehead atoms. The molecule has 1 aliphatic rings. The second-order valence-corrected chi connectivity index (χ2v) is 9.00. The number of nitrogens with zero attached hydrogens (tertiary/aromatic N) is 1. The van der Waals surface area contributed by atoms with E-state index in [9.17, 15) is 0 Å². The Kier molecular flexibility index (Phi) is 3.69. The van der Waals surface area contributed by atoms with Crippen molar-refractivity contribution in [2.24, 2.45) is 0 Å². The van der Waals surface area contributed by atoms with Gasteiger partial charge in [-0.1, -0.05) is 37.8 Å². The number of thiophene rings is 1. The summed E-state index contributed by atoms with van der Waals surface area (Å²) >= 11 is 9.00. The van der Waals surface area contributed by atoms with Gasteiger partial charge >= 0.3 is 0 Å². The molecule has 0 fully saturated rings. The SMILES string of the molecule is CC(C)Sc1nc2sc3c(c2c(=S)[nH]1)CC(C)(C)OC3. The van der Waals surface area contributed by atoms with E-state index in [4.69, 9.17) is 21.9 Å². The molecule has 6 heteroatoms. The number of ether oxygens (including phenoxy) is 1. The molecule has 0 aliphatic carbocycles. The molecule has 108 valence electrons. The summed E-state index contributed by atoms with van der Waals surface area (Å²) in [4.78, 5) is 10.3. The average molecular weight is 327 g/mol. The Balaban J connectivity index is 2.15. The van der Waals surface area contributed by atoms with Crippen molar-refractivity contribution in [3.05, 3.63) is 15.1 Å². The number of rotatable bonds is 2. The maximum atomic E-state index is 5.89. The number of fused-ring (bicyclic) bond motifs is 3. The van der Waals surface area contributed by atoms with Crippen LogP contribution in [0, 0.1) is 4.64 Å². The zero-order valence-corrected chi connectivity index (χ0v) is 14.5. The highest BCUT2D eigenvalue weighted by Gasteiger charge is 2.30. The third kappa shape index (κ3) is 2.66. The van der Waals surface area contributed by atoms with E-state index < -0.39 is 0 Å². The molecular weight excluding hydrogens is 308 g/mol. The van der Waals surface area contributed by atoms with Crippen molar-refractivity contribution < 1.29 is 4.74 Å². The van der Waals surface area contributed by atoms with E-state index in [0.29, 0.717) is 11.9 Å². The molecule has 0 saturated carbocycles. The first-order valence-corrected chi connectivity index (χ1v) is 8.81. The van der Waals surface area contributed by atoms with Gasteiger partial charge in [-0.25, -0.2) is 4.98 Å². The van der Waals surface area contributed by atoms with Crippen molar-refractivity contribution in [1.29, 1.82) is 0 Å². The van der Waals surface area contributed by atoms with Crippen molar-refractivity contribution in [1.82, 2.24) is 9.97 Å². The van der Waals surface area contributed by atoms with E-state index in [2.05, 4.69) is 32.7 Å². The molecule has 0 aromatic carbocycles. The van der Waals surface area contributed by atoms with Crippen LogP contribution in [0.5, 0.6) is 0 Å². The molecule has 0 unspecified atom stereocenters. The van der Waals surface area contributed by atoms with Gasteiger partial charge in [0.2, 0.25) is 0 Å². The fourth-order valence-corrected chi connectivity index (χ4v) is 4.78. The van der Waals surface area contributed by atoms with Crippen LogP contribution in [-0.4, -0.2) is 20.8 Å². The Morgan fingerprint density at radius 3 is 2.90 bits per heavy atom. The Bertz CT molecular complexity index is 715. The third-order valence-electron chi connectivity index (χ3n) is 3.27. The topological polar surface area (TPSA) is 37.9 Å². The maximum Gasteiger partial charge on any atom is 0.168 e. The highest BCUT2D eigenvalue weighted by Crippen LogP contribution is 2.39. The fraction of sp³-hybridized carbons (Fsp3) is 0.571. The Labute approximate surface area is 132 Å². The standard InChI is InChI=1S/C14H18N2OS3/c1-7(2)19-13-15-11(18)10-8-5-14(3,4)17-6-9(8)20-12(10)16-13/h7H,5-6H2,1-4H3,(H,15,16,18). The first-order valence-electron chi connectivity index (χ1n) is 6.71. The van der Waals surface area contributed by atoms with Crippen LogP contribution >= 0.6 is 35.3 Å². The van der Waals surface area contributed by atoms with Gasteiger partial charge in [0.15, 0.2) is 5.16 Å². The summed E-state index contributed by atoms with van der Waals surface area (Å²) in [6.07, 6.45) is 0.901. The van der Waals surface area contributed by atoms with Crippen LogP contribution in [-0.2, 0) is 17.8 Å². The minimum atomic E-state index is -0.117. The Hall–Kier alpha value is -0.430. The van der Waals surface area contributed by atoms with Crippen molar-refractivity contribution >= 4 is 45.5 Å². The minimum Gasteiger partial charge on any atom is -0.370 e. The predicted molar refractivity (Wildman–Crippen MR) is 88.4 cm³/mol. The molecule has 0 spiro atoms. The van der Waals surface area contributed by atoms with Gasteiger partial charge in [-0.15, -0.1) is 11.3 Å². The Morgan fingerprint density at radius 1 is 1.45 bits per heavy atom. The molecule has 3 rings (SSSR count). The van der Waals surface area contributed by atoms with Gasteiger partial charge in [0.25, 0.3) is 0 Å². The lowest BCUT2D eigenvalue weighted by molar-refractivity contribution is -0.0379. The molecule has 3 nitrogen and oxygen atoms in total. The molecule has 1 N–H and O–H groups in total. The quantitative estimate of drug-likeness (QED) is 0.493. The molecule has 2 aromatic rings. The number of thioether (sulfide) groups is 1. The fourth-order valence-electron chi connectivity index (χ4n) is 2.41. The average Bonchev–Trinajstić information content (AvgIpc) is 2.64. The molecule has 0 amide bonds. The van der Waals surface area contributed by atoms with Gasteiger partial charge in [-0.2, -0.15) is 0 Å². The lowest BCUT2D eigenvalue weighted by Gasteiger charge is -2.30. The smallest absolute Gasteiger partial charge is 0.168 e. The summed E-state index contributed by atoms with van der Waals surface area (Å²) < 4.78 is 6.70. The molecule has 1 aliphatic heterocycles. The van der Waals surface area contributed by atoms with E-state index in [1.807, 2.05) is 0 Å². The van der Waals surface area contributed by atoms with Gasteiger partial charge in [0, 0.05) is 21.9 Å². The highest BCUT2D eigenvalue weighted by molar-refractivity contribution is 7.99. The van der Waals surface area contributed by atoms with E-state index in [1.54, 1.807) is 23.1 Å². The molecule has 0 radical (unpaired) electrons. The number of hydrogen-bond acceptors (Lipinski definition) is 5. The molecule has 20 heavy (non-hydrogen) atoms. The number of H-pyrrole nitrogens is 1. The molecule has 0 saturated heterocycles. The van der Waals surface area contributed by atoms with E-state index in [0.717, 1.165) is 26.4 Å². The summed E-state index contributed by atoms with van der Waals surface area (Å²) in [6, 6.07) is 0. The number of nitrogens with one attached hydrogen (secondary N) is 1. The van der Waals surface area contributed by atoms with E-state index in [1.165, 1.54) is 10.4 Å². The number of hydrogen-bond donors (Lipinski definition) is 1. The summed E-state index contributed by atoms with van der Waals surface area (Å²) in [7, 11) is 0. The van der Waals surface area contributed by atoms with Crippen LogP contribution in [0.15, 0.2) is 5.16 Å². The van der Waals surface area contributed by atoms with Gasteiger partial charge in [0.1, 0.15) is 9.47 Å². The van der Waals surface area contributed by atoms with E-state index in [-0.39, 0.29) is 5.60 Å². The summed E-state index contributed by atoms with van der Waals surface area (Å²) in [6.45, 7) is 9.24. The van der Waals surface area contributed by atoms with Gasteiger partial charge in [-0.05, 0) is 19.4 Å². The summed E-state index contributed by atoms with van der Waals surface area (Å²) in [5.74, 6) is 0. The van der Waals surface area contributed by atoms with Crippen LogP contribution in [0.4, 0.5) is 0 Å². The minimum absolute atomic E-state index is 0.117. The molecular formula is C14H18N2OS3. The first kappa shape index (κ1) is 14.5. The van der Waals surface area contributed by atoms with Crippen LogP contribution in [0.3, 0.4) is 0 Å². The predicted octanol–water partition coefficient (Wildman–Crippen LogP) is 4.71.